The predicted octanol–water partition coefficient (Wildman–Crippen LogP) is 2.56. The number of nitrogens with two attached hydrogens (primary N) is 1. The average Bonchev–Trinajstić information content (AvgIpc) is 3.18. The molecular weight excluding hydrogens is 424 g/mol. The molecule has 1 saturated heterocycles. The Balaban J connectivity index is 2.17. The van der Waals surface area contributed by atoms with Gasteiger partial charge in [0.2, 0.25) is 5.91 Å². The second kappa shape index (κ2) is 9.29. The first-order chi connectivity index (χ1) is 14.8. The van der Waals surface area contributed by atoms with Crippen LogP contribution in [0.2, 0.25) is 0 Å². The first-order valence-corrected chi connectivity index (χ1v) is 10.4. The normalized spacial score (nSPS) is 16.6. The van der Waals surface area contributed by atoms with Crippen molar-refractivity contribution in [2.45, 2.75) is 36.1 Å². The lowest BCUT2D eigenvalue weighted by atomic mass is 10.0. The van der Waals surface area contributed by atoms with Crippen LogP contribution < -0.4 is 10.6 Å². The molecule has 2 heterocycles. The number of aliphatic hydroxyl groups is 1. The van der Waals surface area contributed by atoms with Crippen molar-refractivity contribution in [2.24, 2.45) is 5.73 Å². The third-order valence-electron chi connectivity index (χ3n) is 5.04. The zero-order valence-corrected chi connectivity index (χ0v) is 17.4. The van der Waals surface area contributed by atoms with Crippen LogP contribution in [0, 0.1) is 34.3 Å². The van der Waals surface area contributed by atoms with Gasteiger partial charge in [-0.05, 0) is 24.5 Å². The summed E-state index contributed by atoms with van der Waals surface area (Å²) in [4.78, 5) is 18.3. The van der Waals surface area contributed by atoms with E-state index in [2.05, 4.69) is 11.1 Å². The number of halogens is 2. The Morgan fingerprint density at radius 1 is 1.39 bits per heavy atom. The van der Waals surface area contributed by atoms with Crippen LogP contribution in [0.3, 0.4) is 0 Å². The minimum absolute atomic E-state index is 0.0793. The number of anilines is 1. The van der Waals surface area contributed by atoms with Gasteiger partial charge in [-0.1, -0.05) is 30.8 Å². The standard InChI is InChI=1S/C21H19F2N5O2S/c1-2-12-14(8-24)20(28-7-6-11(29)10-28)27-21(15(12)9-25)31-18(19(26)30)13-4-3-5-16(22)17(13)23/h3-5,11,18,29H,2,6-7,10H2,1H3,(H2,26,30). The van der Waals surface area contributed by atoms with Gasteiger partial charge < -0.3 is 15.7 Å². The summed E-state index contributed by atoms with van der Waals surface area (Å²) in [6.07, 6.45) is 0.250. The number of thioether (sulfide) groups is 1. The molecule has 2 aromatic rings. The van der Waals surface area contributed by atoms with E-state index in [-0.39, 0.29) is 34.1 Å². The molecular formula is C21H19F2N5O2S. The molecule has 10 heteroatoms. The largest absolute Gasteiger partial charge is 0.391 e. The molecule has 0 saturated carbocycles. The van der Waals surface area contributed by atoms with Crippen molar-refractivity contribution in [3.63, 3.8) is 0 Å². The van der Waals surface area contributed by atoms with Crippen LogP contribution in [-0.4, -0.2) is 35.2 Å². The monoisotopic (exact) mass is 443 g/mol. The van der Waals surface area contributed by atoms with E-state index in [1.54, 1.807) is 11.8 Å². The Labute approximate surface area is 182 Å². The molecule has 0 spiro atoms. The smallest absolute Gasteiger partial charge is 0.235 e. The summed E-state index contributed by atoms with van der Waals surface area (Å²) in [5.41, 5.74) is 5.94. The van der Waals surface area contributed by atoms with Gasteiger partial charge in [-0.3, -0.25) is 4.79 Å². The first kappa shape index (κ1) is 22.5. The molecule has 1 aliphatic heterocycles. The van der Waals surface area contributed by atoms with Crippen LogP contribution in [0.4, 0.5) is 14.6 Å². The lowest BCUT2D eigenvalue weighted by Crippen LogP contribution is -2.25. The highest BCUT2D eigenvalue weighted by molar-refractivity contribution is 8.00. The van der Waals surface area contributed by atoms with E-state index in [0.29, 0.717) is 24.9 Å². The topological polar surface area (TPSA) is 127 Å². The van der Waals surface area contributed by atoms with Crippen molar-refractivity contribution in [1.82, 2.24) is 4.98 Å². The maximum absolute atomic E-state index is 14.4. The lowest BCUT2D eigenvalue weighted by Gasteiger charge is -2.23. The Kier molecular flexibility index (Phi) is 6.74. The van der Waals surface area contributed by atoms with Crippen molar-refractivity contribution in [2.75, 3.05) is 18.0 Å². The fourth-order valence-electron chi connectivity index (χ4n) is 3.54. The summed E-state index contributed by atoms with van der Waals surface area (Å²) in [6, 6.07) is 7.53. The van der Waals surface area contributed by atoms with Gasteiger partial charge in [0.1, 0.15) is 28.2 Å². The summed E-state index contributed by atoms with van der Waals surface area (Å²) in [5, 5.41) is 28.1. The first-order valence-electron chi connectivity index (χ1n) is 9.52. The molecule has 1 aromatic heterocycles. The SMILES string of the molecule is CCc1c(C#N)c(SC(C(N)=O)c2cccc(F)c2F)nc(N2CCC(O)C2)c1C#N. The number of nitrogens with zero attached hydrogens (tertiary/aromatic N) is 4. The molecule has 3 N–H and O–H groups in total. The lowest BCUT2D eigenvalue weighted by molar-refractivity contribution is -0.117. The third-order valence-corrected chi connectivity index (χ3v) is 6.28. The van der Waals surface area contributed by atoms with Gasteiger partial charge >= 0.3 is 0 Å². The van der Waals surface area contributed by atoms with Crippen molar-refractivity contribution in [3.05, 3.63) is 52.1 Å². The second-order valence-electron chi connectivity index (χ2n) is 6.98. The van der Waals surface area contributed by atoms with Crippen molar-refractivity contribution in [1.29, 1.82) is 10.5 Å². The Bertz CT molecular complexity index is 1110. The number of aliphatic hydroxyl groups excluding tert-OH is 1. The van der Waals surface area contributed by atoms with Gasteiger partial charge in [0, 0.05) is 18.7 Å². The summed E-state index contributed by atoms with van der Waals surface area (Å²) < 4.78 is 28.1. The number of hydrogen-bond acceptors (Lipinski definition) is 7. The predicted molar refractivity (Wildman–Crippen MR) is 110 cm³/mol. The third kappa shape index (κ3) is 4.31. The van der Waals surface area contributed by atoms with Gasteiger partial charge in [0.25, 0.3) is 0 Å². The number of carbonyl (C=O) groups excluding carboxylic acids is 1. The molecule has 1 fully saturated rings. The van der Waals surface area contributed by atoms with Gasteiger partial charge in [0.15, 0.2) is 11.6 Å². The molecule has 0 bridgehead atoms. The zero-order chi connectivity index (χ0) is 22.7. The molecule has 1 aliphatic rings. The maximum Gasteiger partial charge on any atom is 0.235 e. The van der Waals surface area contributed by atoms with Gasteiger partial charge in [0.05, 0.1) is 17.2 Å². The van der Waals surface area contributed by atoms with E-state index in [0.717, 1.165) is 17.8 Å². The fraction of sp³-hybridized carbons (Fsp3) is 0.333. The van der Waals surface area contributed by atoms with Gasteiger partial charge in [-0.25, -0.2) is 13.8 Å². The average molecular weight is 443 g/mol. The summed E-state index contributed by atoms with van der Waals surface area (Å²) in [7, 11) is 0. The Morgan fingerprint density at radius 3 is 2.65 bits per heavy atom. The van der Waals surface area contributed by atoms with Gasteiger partial charge in [-0.15, -0.1) is 0 Å². The highest BCUT2D eigenvalue weighted by Gasteiger charge is 2.31. The number of nitriles is 2. The molecule has 31 heavy (non-hydrogen) atoms. The fourth-order valence-corrected chi connectivity index (χ4v) is 4.62. The minimum Gasteiger partial charge on any atom is -0.391 e. The summed E-state index contributed by atoms with van der Waals surface area (Å²) in [6.45, 7) is 2.49. The number of rotatable bonds is 6. The van der Waals surface area contributed by atoms with E-state index in [1.165, 1.54) is 12.1 Å². The van der Waals surface area contributed by atoms with Crippen LogP contribution in [0.25, 0.3) is 0 Å². The van der Waals surface area contributed by atoms with E-state index in [4.69, 9.17) is 5.73 Å². The Hall–Kier alpha value is -3.21. The molecule has 160 valence electrons. The van der Waals surface area contributed by atoms with Crippen LogP contribution in [0.1, 0.15) is 40.8 Å². The maximum atomic E-state index is 14.4. The molecule has 1 amide bonds. The molecule has 3 rings (SSSR count). The molecule has 2 unspecified atom stereocenters. The number of amides is 1. The molecule has 1 aromatic carbocycles. The van der Waals surface area contributed by atoms with Crippen molar-refractivity contribution < 1.29 is 18.7 Å². The number of β-amino-alcohol motifs (C(OH)–C–C–N with tert-alkyl or cyclic N) is 1. The van der Waals surface area contributed by atoms with Crippen molar-refractivity contribution >= 4 is 23.5 Å². The van der Waals surface area contributed by atoms with Crippen molar-refractivity contribution in [3.8, 4) is 12.1 Å². The van der Waals surface area contributed by atoms with Crippen LogP contribution >= 0.6 is 11.8 Å². The Morgan fingerprint density at radius 2 is 2.10 bits per heavy atom. The molecule has 7 nitrogen and oxygen atoms in total. The second-order valence-corrected chi connectivity index (χ2v) is 8.07. The number of carbonyl (C=O) groups is 1. The summed E-state index contributed by atoms with van der Waals surface area (Å²) in [5.74, 6) is -2.98. The number of benzene rings is 1. The number of hydrogen-bond donors (Lipinski definition) is 2. The highest BCUT2D eigenvalue weighted by atomic mass is 32.2. The van der Waals surface area contributed by atoms with Crippen LogP contribution in [0.5, 0.6) is 0 Å². The van der Waals surface area contributed by atoms with E-state index in [9.17, 15) is 29.2 Å². The van der Waals surface area contributed by atoms with E-state index < -0.39 is 28.9 Å². The van der Waals surface area contributed by atoms with E-state index >= 15 is 0 Å². The van der Waals surface area contributed by atoms with Gasteiger partial charge in [-0.2, -0.15) is 10.5 Å². The summed E-state index contributed by atoms with van der Waals surface area (Å²) >= 11 is 0.733. The molecule has 2 atom stereocenters. The molecule has 0 radical (unpaired) electrons. The van der Waals surface area contributed by atoms with Crippen LogP contribution in [-0.2, 0) is 11.2 Å². The quantitative estimate of drug-likeness (QED) is 0.657. The molecule has 0 aliphatic carbocycles. The highest BCUT2D eigenvalue weighted by Crippen LogP contribution is 2.40. The number of pyridine rings is 1. The minimum atomic E-state index is -1.34. The van der Waals surface area contributed by atoms with Crippen LogP contribution in [0.15, 0.2) is 23.2 Å². The van der Waals surface area contributed by atoms with E-state index in [1.807, 2.05) is 6.07 Å². The number of aromatic nitrogens is 1. The zero-order valence-electron chi connectivity index (χ0n) is 16.6. The number of primary amides is 1.